The van der Waals surface area contributed by atoms with E-state index in [1.165, 1.54) is 0 Å². The fourth-order valence-corrected chi connectivity index (χ4v) is 6.05. The van der Waals surface area contributed by atoms with Gasteiger partial charge >= 0.3 is 0 Å². The number of H-pyrrole nitrogens is 1. The number of hydrogen-bond acceptors (Lipinski definition) is 5. The van der Waals surface area contributed by atoms with Crippen LogP contribution in [0.4, 0.5) is 5.69 Å². The van der Waals surface area contributed by atoms with Crippen LogP contribution in [0.2, 0.25) is 0 Å². The molecule has 2 amide bonds. The van der Waals surface area contributed by atoms with Crippen LogP contribution in [0, 0.1) is 5.92 Å². The molecule has 0 bridgehead atoms. The highest BCUT2D eigenvalue weighted by Gasteiger charge is 2.25. The van der Waals surface area contributed by atoms with Crippen molar-refractivity contribution in [3.63, 3.8) is 0 Å². The van der Waals surface area contributed by atoms with Gasteiger partial charge in [-0.05, 0) is 73.1 Å². The van der Waals surface area contributed by atoms with Crippen molar-refractivity contribution in [3.05, 3.63) is 107 Å². The molecule has 6 N–H and O–H groups in total. The van der Waals surface area contributed by atoms with E-state index in [2.05, 4.69) is 22.9 Å². The van der Waals surface area contributed by atoms with E-state index in [0.29, 0.717) is 12.8 Å². The molecule has 0 radical (unpaired) electrons. The number of thioether (sulfide) groups is 1. The molecule has 3 aromatic carbocycles. The van der Waals surface area contributed by atoms with E-state index in [1.807, 2.05) is 72.9 Å². The second-order valence-corrected chi connectivity index (χ2v) is 11.7. The first-order valence-electron chi connectivity index (χ1n) is 14.3. The molecule has 220 valence electrons. The van der Waals surface area contributed by atoms with Crippen LogP contribution >= 0.6 is 11.8 Å². The van der Waals surface area contributed by atoms with Crippen molar-refractivity contribution >= 4 is 40.2 Å². The van der Waals surface area contributed by atoms with Crippen LogP contribution < -0.4 is 21.5 Å². The molecule has 8 heteroatoms. The summed E-state index contributed by atoms with van der Waals surface area (Å²) >= 11 is 1.62. The molecule has 7 nitrogen and oxygen atoms in total. The molecule has 0 unspecified atom stereocenters. The van der Waals surface area contributed by atoms with Crippen molar-refractivity contribution in [2.24, 2.45) is 11.7 Å². The quantitative estimate of drug-likeness (QED) is 0.124. The number of carbonyl (C=O) groups is 2. The van der Waals surface area contributed by atoms with Crippen LogP contribution in [0.1, 0.15) is 36.0 Å². The van der Waals surface area contributed by atoms with Crippen LogP contribution in [0.15, 0.2) is 90.5 Å². The summed E-state index contributed by atoms with van der Waals surface area (Å²) < 4.78 is 5.24. The smallest absolute Gasteiger partial charge is 0.224 e. The number of aryl methyl sites for hydroxylation is 2. The van der Waals surface area contributed by atoms with Crippen LogP contribution in [-0.2, 0) is 28.9 Å². The van der Waals surface area contributed by atoms with E-state index in [9.17, 15) is 9.59 Å². The van der Waals surface area contributed by atoms with E-state index in [0.717, 1.165) is 69.0 Å². The third-order valence-electron chi connectivity index (χ3n) is 7.51. The van der Waals surface area contributed by atoms with Crippen molar-refractivity contribution in [1.29, 1.82) is 0 Å². The molecule has 0 saturated carbocycles. The van der Waals surface area contributed by atoms with E-state index in [-0.39, 0.29) is 18.4 Å². The summed E-state index contributed by atoms with van der Waals surface area (Å²) in [5, 5.41) is 4.34. The van der Waals surface area contributed by atoms with Gasteiger partial charge in [-0.15, -0.1) is 11.8 Å². The van der Waals surface area contributed by atoms with Crippen molar-refractivity contribution in [2.75, 3.05) is 18.6 Å². The third-order valence-corrected chi connectivity index (χ3v) is 8.58. The number of rotatable bonds is 16. The molecule has 42 heavy (non-hydrogen) atoms. The average Bonchev–Trinajstić information content (AvgIpc) is 3.40. The molecule has 4 aromatic rings. The number of benzene rings is 3. The Bertz CT molecular complexity index is 1500. The zero-order valence-electron chi connectivity index (χ0n) is 24.1. The number of nitrogen functional groups attached to an aromatic ring is 1. The largest absolute Gasteiger partial charge is 0.497 e. The van der Waals surface area contributed by atoms with Crippen molar-refractivity contribution < 1.29 is 14.3 Å². The molecule has 2 atom stereocenters. The minimum absolute atomic E-state index is 0.00115. The topological polar surface area (TPSA) is 123 Å². The lowest BCUT2D eigenvalue weighted by Crippen LogP contribution is -2.42. The Hall–Kier alpha value is -4.17. The number of ether oxygens (including phenoxy) is 1. The number of aromatic nitrogens is 1. The Morgan fingerprint density at radius 1 is 1.00 bits per heavy atom. The van der Waals surface area contributed by atoms with Crippen LogP contribution in [0.5, 0.6) is 5.75 Å². The fraction of sp³-hybridized carbons (Fsp3) is 0.294. The minimum atomic E-state index is -0.520. The summed E-state index contributed by atoms with van der Waals surface area (Å²) in [6.07, 6.45) is 5.44. The Balaban J connectivity index is 1.44. The Morgan fingerprint density at radius 3 is 2.48 bits per heavy atom. The molecule has 1 heterocycles. The highest BCUT2D eigenvalue weighted by atomic mass is 32.2. The molecule has 0 aliphatic heterocycles. The number of nitrogens with one attached hydrogen (secondary N) is 2. The van der Waals surface area contributed by atoms with E-state index < -0.39 is 11.8 Å². The van der Waals surface area contributed by atoms with Crippen LogP contribution in [0.3, 0.4) is 0 Å². The summed E-state index contributed by atoms with van der Waals surface area (Å²) in [6, 6.07) is 23.5. The number of primary amides is 1. The molecule has 0 saturated heterocycles. The second kappa shape index (κ2) is 15.2. The maximum absolute atomic E-state index is 13.6. The second-order valence-electron chi connectivity index (χ2n) is 10.5. The third kappa shape index (κ3) is 8.66. The fourth-order valence-electron chi connectivity index (χ4n) is 5.12. The first-order chi connectivity index (χ1) is 20.3. The predicted molar refractivity (Wildman–Crippen MR) is 173 cm³/mol. The Kier molecular flexibility index (Phi) is 11.1. The van der Waals surface area contributed by atoms with E-state index in [4.69, 9.17) is 16.2 Å². The predicted octanol–water partition coefficient (Wildman–Crippen LogP) is 5.79. The molecule has 1 aromatic heterocycles. The van der Waals surface area contributed by atoms with Gasteiger partial charge in [0.25, 0.3) is 0 Å². The minimum Gasteiger partial charge on any atom is -0.497 e. The molecular formula is C34H40N4O3S. The van der Waals surface area contributed by atoms with Gasteiger partial charge in [0.05, 0.1) is 13.2 Å². The van der Waals surface area contributed by atoms with Gasteiger partial charge in [-0.1, -0.05) is 55.1 Å². The highest BCUT2D eigenvalue weighted by molar-refractivity contribution is 8.03. The molecule has 0 aliphatic rings. The molecular weight excluding hydrogens is 544 g/mol. The SMILES string of the molecule is C=C(SCCc1ccccc1N)[C@H](Cc1c[nH]c2ccccc12)NC(=O)[C@H](CCCc1ccc(OC)cc1)CC(N)=O. The van der Waals surface area contributed by atoms with Crippen LogP contribution in [-0.4, -0.2) is 35.7 Å². The maximum Gasteiger partial charge on any atom is 0.224 e. The van der Waals surface area contributed by atoms with Gasteiger partial charge < -0.3 is 26.5 Å². The number of amides is 2. The van der Waals surface area contributed by atoms with Gasteiger partial charge in [0, 0.05) is 45.8 Å². The van der Waals surface area contributed by atoms with Gasteiger partial charge in [0.1, 0.15) is 5.75 Å². The van der Waals surface area contributed by atoms with Gasteiger partial charge in [0.2, 0.25) is 11.8 Å². The molecule has 4 rings (SSSR count). The standard InChI is InChI=1S/C34H40N4O3S/c1-23(42-19-18-25-9-3-5-12-30(25)35)32(20-27-22-37-31-13-6-4-11-29(27)31)38-34(40)26(21-33(36)39)10-7-8-24-14-16-28(41-2)17-15-24/h3-6,9,11-17,22,26,32,37H,1,7-8,10,18-21,35H2,2H3,(H2,36,39)(H,38,40)/t26-,32+/m1/s1. The Labute approximate surface area is 252 Å². The summed E-state index contributed by atoms with van der Waals surface area (Å²) in [5.74, 6) is 0.396. The summed E-state index contributed by atoms with van der Waals surface area (Å²) in [5.41, 5.74) is 16.9. The summed E-state index contributed by atoms with van der Waals surface area (Å²) in [4.78, 5) is 29.8. The van der Waals surface area contributed by atoms with Gasteiger partial charge in [-0.25, -0.2) is 0 Å². The number of para-hydroxylation sites is 2. The molecule has 0 fully saturated rings. The first-order valence-corrected chi connectivity index (χ1v) is 15.2. The normalized spacial score (nSPS) is 12.5. The van der Waals surface area contributed by atoms with Gasteiger partial charge in [-0.2, -0.15) is 0 Å². The van der Waals surface area contributed by atoms with Crippen molar-refractivity contribution in [1.82, 2.24) is 10.3 Å². The number of aromatic amines is 1. The lowest BCUT2D eigenvalue weighted by molar-refractivity contribution is -0.129. The van der Waals surface area contributed by atoms with E-state index in [1.54, 1.807) is 18.9 Å². The monoisotopic (exact) mass is 584 g/mol. The number of hydrogen-bond donors (Lipinski definition) is 4. The number of methoxy groups -OCH3 is 1. The summed E-state index contributed by atoms with van der Waals surface area (Å²) in [7, 11) is 1.64. The summed E-state index contributed by atoms with van der Waals surface area (Å²) in [6.45, 7) is 4.36. The van der Waals surface area contributed by atoms with Gasteiger partial charge in [0.15, 0.2) is 0 Å². The number of fused-ring (bicyclic) bond motifs is 1. The van der Waals surface area contributed by atoms with Crippen molar-refractivity contribution in [3.8, 4) is 5.75 Å². The maximum atomic E-state index is 13.6. The zero-order valence-corrected chi connectivity index (χ0v) is 24.9. The average molecular weight is 585 g/mol. The van der Waals surface area contributed by atoms with Crippen molar-refractivity contribution in [2.45, 2.75) is 44.6 Å². The number of anilines is 1. The van der Waals surface area contributed by atoms with E-state index >= 15 is 0 Å². The molecule has 0 aliphatic carbocycles. The zero-order chi connectivity index (χ0) is 29.9. The highest BCUT2D eigenvalue weighted by Crippen LogP contribution is 2.27. The lowest BCUT2D eigenvalue weighted by atomic mass is 9.94. The lowest BCUT2D eigenvalue weighted by Gasteiger charge is -2.24. The van der Waals surface area contributed by atoms with Crippen LogP contribution in [0.25, 0.3) is 10.9 Å². The number of nitrogens with two attached hydrogens (primary N) is 2. The number of carbonyl (C=O) groups excluding carboxylic acids is 2. The van der Waals surface area contributed by atoms with Gasteiger partial charge in [-0.3, -0.25) is 9.59 Å². The first kappa shape index (κ1) is 30.8. The molecule has 0 spiro atoms. The Morgan fingerprint density at radius 2 is 1.74 bits per heavy atom.